The predicted octanol–water partition coefficient (Wildman–Crippen LogP) is 3.04. The van der Waals surface area contributed by atoms with Crippen molar-refractivity contribution in [2.75, 3.05) is 0 Å². The maximum Gasteiger partial charge on any atom is 0.225 e. The molecule has 2 aromatic heterocycles. The molecule has 0 saturated carbocycles. The Hall–Kier alpha value is -1.42. The molecular weight excluding hydrogens is 220 g/mol. The normalized spacial score (nSPS) is 10.6. The van der Waals surface area contributed by atoms with Crippen LogP contribution in [0.5, 0.6) is 5.88 Å². The number of aromatic hydroxyl groups is 1. The summed E-state index contributed by atoms with van der Waals surface area (Å²) in [4.78, 5) is 9.36. The van der Waals surface area contributed by atoms with Crippen molar-refractivity contribution in [3.05, 3.63) is 28.9 Å². The fourth-order valence-corrected chi connectivity index (χ4v) is 2.39. The molecule has 0 fully saturated rings. The van der Waals surface area contributed by atoms with E-state index in [1.165, 1.54) is 0 Å². The topological polar surface area (TPSA) is 46.0 Å². The van der Waals surface area contributed by atoms with Crippen LogP contribution in [-0.4, -0.2) is 15.1 Å². The van der Waals surface area contributed by atoms with E-state index in [9.17, 15) is 5.11 Å². The molecule has 84 valence electrons. The Kier molecular flexibility index (Phi) is 3.19. The SMILES string of the molecule is CCc1cc(-c2nc(O)c(CC)s2)ccn1. The maximum absolute atomic E-state index is 9.60. The highest BCUT2D eigenvalue weighted by Gasteiger charge is 2.10. The summed E-state index contributed by atoms with van der Waals surface area (Å²) < 4.78 is 0. The molecule has 0 amide bonds. The van der Waals surface area contributed by atoms with Crippen LogP contribution in [0.25, 0.3) is 10.6 Å². The van der Waals surface area contributed by atoms with Crippen LogP contribution < -0.4 is 0 Å². The number of hydrogen-bond donors (Lipinski definition) is 1. The Bertz CT molecular complexity index is 494. The lowest BCUT2D eigenvalue weighted by Gasteiger charge is -1.98. The van der Waals surface area contributed by atoms with Crippen LogP contribution >= 0.6 is 11.3 Å². The second-order valence-electron chi connectivity index (χ2n) is 3.51. The van der Waals surface area contributed by atoms with Gasteiger partial charge >= 0.3 is 0 Å². The average Bonchev–Trinajstić information content (AvgIpc) is 2.71. The molecule has 0 spiro atoms. The minimum atomic E-state index is 0.164. The van der Waals surface area contributed by atoms with Crippen molar-refractivity contribution < 1.29 is 5.11 Å². The molecule has 0 atom stereocenters. The zero-order valence-corrected chi connectivity index (χ0v) is 10.2. The van der Waals surface area contributed by atoms with Gasteiger partial charge in [-0.2, -0.15) is 0 Å². The van der Waals surface area contributed by atoms with Gasteiger partial charge in [0.2, 0.25) is 5.88 Å². The molecule has 0 unspecified atom stereocenters. The highest BCUT2D eigenvalue weighted by molar-refractivity contribution is 7.15. The summed E-state index contributed by atoms with van der Waals surface area (Å²) in [5, 5.41) is 10.5. The van der Waals surface area contributed by atoms with Gasteiger partial charge in [-0.25, -0.2) is 4.98 Å². The number of pyridine rings is 1. The number of thiazole rings is 1. The summed E-state index contributed by atoms with van der Waals surface area (Å²) in [6.07, 6.45) is 3.51. The number of hydrogen-bond acceptors (Lipinski definition) is 4. The van der Waals surface area contributed by atoms with E-state index in [4.69, 9.17) is 0 Å². The van der Waals surface area contributed by atoms with Crippen LogP contribution in [0, 0.1) is 0 Å². The first-order valence-electron chi connectivity index (χ1n) is 5.38. The first kappa shape index (κ1) is 11.1. The standard InChI is InChI=1S/C12H14N2OS/c1-3-9-7-8(5-6-13-9)12-14-11(15)10(4-2)16-12/h5-7,15H,3-4H2,1-2H3. The summed E-state index contributed by atoms with van der Waals surface area (Å²) in [7, 11) is 0. The maximum atomic E-state index is 9.60. The van der Waals surface area contributed by atoms with Gasteiger partial charge in [-0.05, 0) is 25.0 Å². The molecule has 0 aromatic carbocycles. The van der Waals surface area contributed by atoms with Crippen molar-refractivity contribution in [3.8, 4) is 16.5 Å². The number of aryl methyl sites for hydroxylation is 2. The Labute approximate surface area is 98.8 Å². The van der Waals surface area contributed by atoms with Gasteiger partial charge in [-0.1, -0.05) is 13.8 Å². The fraction of sp³-hybridized carbons (Fsp3) is 0.333. The summed E-state index contributed by atoms with van der Waals surface area (Å²) >= 11 is 1.54. The highest BCUT2D eigenvalue weighted by atomic mass is 32.1. The van der Waals surface area contributed by atoms with E-state index < -0.39 is 0 Å². The van der Waals surface area contributed by atoms with Crippen LogP contribution in [0.3, 0.4) is 0 Å². The van der Waals surface area contributed by atoms with Gasteiger partial charge in [0.25, 0.3) is 0 Å². The van der Waals surface area contributed by atoms with Crippen LogP contribution in [-0.2, 0) is 12.8 Å². The van der Waals surface area contributed by atoms with E-state index in [0.29, 0.717) is 0 Å². The third-order valence-corrected chi connectivity index (χ3v) is 3.66. The molecule has 1 N–H and O–H groups in total. The largest absolute Gasteiger partial charge is 0.492 e. The minimum absolute atomic E-state index is 0.164. The van der Waals surface area contributed by atoms with E-state index in [-0.39, 0.29) is 5.88 Å². The van der Waals surface area contributed by atoms with Gasteiger partial charge in [0, 0.05) is 17.5 Å². The second-order valence-corrected chi connectivity index (χ2v) is 4.59. The average molecular weight is 234 g/mol. The smallest absolute Gasteiger partial charge is 0.225 e. The monoisotopic (exact) mass is 234 g/mol. The molecule has 0 radical (unpaired) electrons. The minimum Gasteiger partial charge on any atom is -0.492 e. The third kappa shape index (κ3) is 2.07. The Morgan fingerprint density at radius 2 is 2.12 bits per heavy atom. The number of aromatic nitrogens is 2. The van der Waals surface area contributed by atoms with E-state index in [1.54, 1.807) is 17.5 Å². The third-order valence-electron chi connectivity index (χ3n) is 2.42. The number of rotatable bonds is 3. The Morgan fingerprint density at radius 3 is 2.75 bits per heavy atom. The van der Waals surface area contributed by atoms with E-state index in [1.807, 2.05) is 19.1 Å². The molecule has 3 nitrogen and oxygen atoms in total. The summed E-state index contributed by atoms with van der Waals surface area (Å²) in [6, 6.07) is 3.95. The molecule has 2 rings (SSSR count). The summed E-state index contributed by atoms with van der Waals surface area (Å²) in [5.74, 6) is 0.164. The molecule has 4 heteroatoms. The van der Waals surface area contributed by atoms with Crippen LogP contribution in [0.2, 0.25) is 0 Å². The molecule has 0 bridgehead atoms. The molecule has 16 heavy (non-hydrogen) atoms. The van der Waals surface area contributed by atoms with Crippen molar-refractivity contribution in [1.29, 1.82) is 0 Å². The summed E-state index contributed by atoms with van der Waals surface area (Å²) in [6.45, 7) is 4.09. The lowest BCUT2D eigenvalue weighted by molar-refractivity contribution is 0.452. The van der Waals surface area contributed by atoms with Crippen LogP contribution in [0.1, 0.15) is 24.4 Å². The quantitative estimate of drug-likeness (QED) is 0.887. The van der Waals surface area contributed by atoms with Gasteiger partial charge < -0.3 is 5.11 Å². The Morgan fingerprint density at radius 1 is 1.31 bits per heavy atom. The van der Waals surface area contributed by atoms with Crippen LogP contribution in [0.4, 0.5) is 0 Å². The van der Waals surface area contributed by atoms with E-state index in [2.05, 4.69) is 16.9 Å². The first-order chi connectivity index (χ1) is 7.74. The van der Waals surface area contributed by atoms with Crippen molar-refractivity contribution in [2.24, 2.45) is 0 Å². The number of nitrogens with zero attached hydrogens (tertiary/aromatic N) is 2. The highest BCUT2D eigenvalue weighted by Crippen LogP contribution is 2.31. The van der Waals surface area contributed by atoms with Gasteiger partial charge in [-0.15, -0.1) is 11.3 Å². The van der Waals surface area contributed by atoms with Crippen molar-refractivity contribution in [3.63, 3.8) is 0 Å². The predicted molar refractivity (Wildman–Crippen MR) is 65.8 cm³/mol. The van der Waals surface area contributed by atoms with Crippen LogP contribution in [0.15, 0.2) is 18.3 Å². The van der Waals surface area contributed by atoms with E-state index >= 15 is 0 Å². The van der Waals surface area contributed by atoms with Crippen molar-refractivity contribution >= 4 is 11.3 Å². The molecule has 0 saturated heterocycles. The molecule has 2 aromatic rings. The lowest BCUT2D eigenvalue weighted by atomic mass is 10.2. The molecule has 0 aliphatic rings. The van der Waals surface area contributed by atoms with Crippen molar-refractivity contribution in [1.82, 2.24) is 9.97 Å². The fourth-order valence-electron chi connectivity index (χ4n) is 1.50. The second kappa shape index (κ2) is 4.61. The van der Waals surface area contributed by atoms with Crippen molar-refractivity contribution in [2.45, 2.75) is 26.7 Å². The van der Waals surface area contributed by atoms with Gasteiger partial charge in [-0.3, -0.25) is 4.98 Å². The molecule has 0 aliphatic heterocycles. The van der Waals surface area contributed by atoms with E-state index in [0.717, 1.165) is 34.0 Å². The zero-order valence-electron chi connectivity index (χ0n) is 9.40. The lowest BCUT2D eigenvalue weighted by Crippen LogP contribution is -1.86. The Balaban J connectivity index is 2.41. The first-order valence-corrected chi connectivity index (χ1v) is 6.20. The van der Waals surface area contributed by atoms with Gasteiger partial charge in [0.05, 0.1) is 4.88 Å². The summed E-state index contributed by atoms with van der Waals surface area (Å²) in [5.41, 5.74) is 2.08. The van der Waals surface area contributed by atoms with Gasteiger partial charge in [0.1, 0.15) is 5.01 Å². The molecular formula is C12H14N2OS. The molecule has 2 heterocycles. The molecule has 0 aliphatic carbocycles. The zero-order chi connectivity index (χ0) is 11.5. The van der Waals surface area contributed by atoms with Gasteiger partial charge in [0.15, 0.2) is 0 Å².